The molecule has 1 N–H and O–H groups in total. The molecule has 40 heavy (non-hydrogen) atoms. The second-order valence-corrected chi connectivity index (χ2v) is 11.9. The van der Waals surface area contributed by atoms with Crippen LogP contribution < -0.4 is 10.2 Å². The van der Waals surface area contributed by atoms with Gasteiger partial charge in [-0.05, 0) is 94.8 Å². The van der Waals surface area contributed by atoms with Gasteiger partial charge in [-0.25, -0.2) is 9.78 Å². The van der Waals surface area contributed by atoms with E-state index >= 15 is 0 Å². The van der Waals surface area contributed by atoms with Crippen LogP contribution in [-0.4, -0.2) is 45.7 Å². The maximum Gasteiger partial charge on any atom is 0.326 e. The predicted octanol–water partition coefficient (Wildman–Crippen LogP) is 7.91. The molecule has 1 aromatic heterocycles. The van der Waals surface area contributed by atoms with Crippen LogP contribution in [0.4, 0.5) is 16.2 Å². The molecule has 0 saturated carbocycles. The first-order valence-corrected chi connectivity index (χ1v) is 14.9. The van der Waals surface area contributed by atoms with Gasteiger partial charge in [0.05, 0.1) is 11.0 Å². The van der Waals surface area contributed by atoms with E-state index in [0.717, 1.165) is 59.7 Å². The topological polar surface area (TPSA) is 53.4 Å². The Bertz CT molecular complexity index is 1500. The van der Waals surface area contributed by atoms with E-state index in [2.05, 4.69) is 46.0 Å². The fraction of sp³-hybridized carbons (Fsp3) is 0.394. The van der Waals surface area contributed by atoms with Crippen LogP contribution in [0.3, 0.4) is 0 Å². The first-order chi connectivity index (χ1) is 19.4. The smallest absolute Gasteiger partial charge is 0.325 e. The van der Waals surface area contributed by atoms with Gasteiger partial charge in [0.2, 0.25) is 0 Å². The number of urea groups is 1. The lowest BCUT2D eigenvalue weighted by Gasteiger charge is -2.40. The molecule has 2 bridgehead atoms. The minimum atomic E-state index is -0.132. The zero-order valence-electron chi connectivity index (χ0n) is 23.6. The largest absolute Gasteiger partial charge is 0.326 e. The second-order valence-electron chi connectivity index (χ2n) is 11.5. The average molecular weight is 556 g/mol. The molecule has 2 amide bonds. The number of aryl methyl sites for hydroxylation is 3. The van der Waals surface area contributed by atoms with Crippen LogP contribution in [0.1, 0.15) is 55.1 Å². The molecule has 0 aliphatic carbocycles. The van der Waals surface area contributed by atoms with Crippen LogP contribution >= 0.6 is 11.6 Å². The van der Waals surface area contributed by atoms with E-state index in [1.165, 1.54) is 18.4 Å². The van der Waals surface area contributed by atoms with Crippen molar-refractivity contribution in [1.29, 1.82) is 0 Å². The predicted molar refractivity (Wildman–Crippen MR) is 165 cm³/mol. The fourth-order valence-corrected chi connectivity index (χ4v) is 6.96. The number of para-hydroxylation sites is 2. The van der Waals surface area contributed by atoms with Gasteiger partial charge in [0, 0.05) is 47.6 Å². The fourth-order valence-electron chi connectivity index (χ4n) is 6.78. The van der Waals surface area contributed by atoms with Crippen molar-refractivity contribution in [1.82, 2.24) is 14.5 Å². The van der Waals surface area contributed by atoms with E-state index in [1.807, 2.05) is 61.2 Å². The normalized spacial score (nSPS) is 20.6. The van der Waals surface area contributed by atoms with Gasteiger partial charge in [-0.15, -0.1) is 0 Å². The number of amides is 2. The Morgan fingerprint density at radius 1 is 0.975 bits per heavy atom. The summed E-state index contributed by atoms with van der Waals surface area (Å²) in [4.78, 5) is 22.9. The minimum absolute atomic E-state index is 0.132. The number of halogens is 1. The molecule has 1 unspecified atom stereocenters. The number of anilines is 2. The number of nitrogens with zero attached hydrogens (tertiary/aromatic N) is 4. The standard InChI is InChI=1S/C33H38ClN5O/c1-22-9-12-25(13-10-22)36-33(40)38(28-14-11-23(2)30(34)21-28)18-6-17-37-26-15-16-27(37)20-29(19-26)39-24(3)35-31-7-4-5-8-32(31)39/h4-5,7-14,21,26-27,29H,6,15-20H2,1-3H3,(H,36,40)/t26-,27+,29?. The lowest BCUT2D eigenvalue weighted by Crippen LogP contribution is -2.45. The van der Waals surface area contributed by atoms with Crippen LogP contribution in [0, 0.1) is 20.8 Å². The summed E-state index contributed by atoms with van der Waals surface area (Å²) in [5, 5.41) is 3.76. The van der Waals surface area contributed by atoms with Crippen molar-refractivity contribution in [2.24, 2.45) is 0 Å². The summed E-state index contributed by atoms with van der Waals surface area (Å²) < 4.78 is 2.48. The summed E-state index contributed by atoms with van der Waals surface area (Å²) in [5.74, 6) is 1.12. The summed E-state index contributed by atoms with van der Waals surface area (Å²) >= 11 is 6.47. The summed E-state index contributed by atoms with van der Waals surface area (Å²) in [6, 6.07) is 23.8. The Morgan fingerprint density at radius 2 is 1.70 bits per heavy atom. The van der Waals surface area contributed by atoms with Crippen molar-refractivity contribution in [3.05, 3.63) is 88.7 Å². The molecule has 2 saturated heterocycles. The molecule has 3 atom stereocenters. The maximum atomic E-state index is 13.5. The Hall–Kier alpha value is -3.35. The molecule has 0 spiro atoms. The van der Waals surface area contributed by atoms with Crippen molar-refractivity contribution in [3.8, 4) is 0 Å². The van der Waals surface area contributed by atoms with Gasteiger partial charge < -0.3 is 9.88 Å². The van der Waals surface area contributed by atoms with Crippen LogP contribution in [0.2, 0.25) is 5.02 Å². The summed E-state index contributed by atoms with van der Waals surface area (Å²) in [6.45, 7) is 7.78. The number of rotatable bonds is 7. The lowest BCUT2D eigenvalue weighted by atomic mass is 9.96. The summed E-state index contributed by atoms with van der Waals surface area (Å²) in [6.07, 6.45) is 5.71. The van der Waals surface area contributed by atoms with Crippen molar-refractivity contribution in [2.45, 2.75) is 71.0 Å². The molecule has 2 aliphatic heterocycles. The zero-order valence-corrected chi connectivity index (χ0v) is 24.4. The van der Waals surface area contributed by atoms with Gasteiger partial charge >= 0.3 is 6.03 Å². The molecule has 3 heterocycles. The minimum Gasteiger partial charge on any atom is -0.325 e. The second kappa shape index (κ2) is 11.3. The first kappa shape index (κ1) is 26.9. The Morgan fingerprint density at radius 3 is 2.42 bits per heavy atom. The number of imidazole rings is 1. The molecule has 208 valence electrons. The number of piperidine rings is 1. The number of fused-ring (bicyclic) bond motifs is 3. The van der Waals surface area contributed by atoms with Gasteiger partial charge in [0.15, 0.2) is 0 Å². The molecule has 6 nitrogen and oxygen atoms in total. The third-order valence-electron chi connectivity index (χ3n) is 8.81. The third-order valence-corrected chi connectivity index (χ3v) is 9.22. The highest BCUT2D eigenvalue weighted by molar-refractivity contribution is 6.31. The first-order valence-electron chi connectivity index (χ1n) is 14.5. The van der Waals surface area contributed by atoms with Crippen LogP contribution in [-0.2, 0) is 0 Å². The van der Waals surface area contributed by atoms with Crippen LogP contribution in [0.5, 0.6) is 0 Å². The average Bonchev–Trinajstić information content (AvgIpc) is 3.39. The highest BCUT2D eigenvalue weighted by Gasteiger charge is 2.41. The quantitative estimate of drug-likeness (QED) is 0.252. The number of aromatic nitrogens is 2. The van der Waals surface area contributed by atoms with Crippen LogP contribution in [0.15, 0.2) is 66.7 Å². The summed E-state index contributed by atoms with van der Waals surface area (Å²) in [5.41, 5.74) is 6.13. The Balaban J connectivity index is 1.14. The molecule has 2 fully saturated rings. The zero-order chi connectivity index (χ0) is 27.8. The maximum absolute atomic E-state index is 13.5. The monoisotopic (exact) mass is 555 g/mol. The van der Waals surface area contributed by atoms with Crippen molar-refractivity contribution in [2.75, 3.05) is 23.3 Å². The highest BCUT2D eigenvalue weighted by Crippen LogP contribution is 2.42. The number of hydrogen-bond acceptors (Lipinski definition) is 3. The van der Waals surface area contributed by atoms with E-state index < -0.39 is 0 Å². The van der Waals surface area contributed by atoms with Crippen molar-refractivity contribution < 1.29 is 4.79 Å². The Labute approximate surface area is 241 Å². The molecule has 6 rings (SSSR count). The molecular formula is C33H38ClN5O. The number of nitrogens with one attached hydrogen (secondary N) is 1. The van der Waals surface area contributed by atoms with E-state index in [0.29, 0.717) is 29.7 Å². The van der Waals surface area contributed by atoms with Gasteiger partial charge in [-0.3, -0.25) is 9.80 Å². The third kappa shape index (κ3) is 5.35. The number of carbonyl (C=O) groups excluding carboxylic acids is 1. The van der Waals surface area contributed by atoms with Gasteiger partial charge in [-0.1, -0.05) is 47.5 Å². The van der Waals surface area contributed by atoms with Crippen LogP contribution in [0.25, 0.3) is 11.0 Å². The van der Waals surface area contributed by atoms with Gasteiger partial charge in [0.1, 0.15) is 5.82 Å². The lowest BCUT2D eigenvalue weighted by molar-refractivity contribution is 0.107. The Kier molecular flexibility index (Phi) is 7.56. The molecule has 7 heteroatoms. The van der Waals surface area contributed by atoms with E-state index in [1.54, 1.807) is 0 Å². The number of hydrogen-bond donors (Lipinski definition) is 1. The van der Waals surface area contributed by atoms with E-state index in [4.69, 9.17) is 16.6 Å². The van der Waals surface area contributed by atoms with Gasteiger partial charge in [0.25, 0.3) is 0 Å². The molecule has 0 radical (unpaired) electrons. The molecule has 3 aromatic carbocycles. The van der Waals surface area contributed by atoms with Crippen molar-refractivity contribution in [3.63, 3.8) is 0 Å². The number of benzene rings is 3. The molecular weight excluding hydrogens is 518 g/mol. The highest BCUT2D eigenvalue weighted by atomic mass is 35.5. The molecule has 4 aromatic rings. The van der Waals surface area contributed by atoms with Gasteiger partial charge in [-0.2, -0.15) is 0 Å². The van der Waals surface area contributed by atoms with Crippen molar-refractivity contribution >= 4 is 40.0 Å². The molecule has 2 aliphatic rings. The number of carbonyl (C=O) groups is 1. The van der Waals surface area contributed by atoms with E-state index in [-0.39, 0.29) is 6.03 Å². The van der Waals surface area contributed by atoms with E-state index in [9.17, 15) is 4.79 Å². The SMILES string of the molecule is Cc1ccc(NC(=O)N(CCCN2[C@@H]3CC[C@H]2CC(n2c(C)nc4ccccc42)C3)c2ccc(C)c(Cl)c2)cc1. The summed E-state index contributed by atoms with van der Waals surface area (Å²) in [7, 11) is 0.